The zero-order valence-electron chi connectivity index (χ0n) is 9.16. The highest BCUT2D eigenvalue weighted by Gasteiger charge is 2.38. The summed E-state index contributed by atoms with van der Waals surface area (Å²) in [5, 5.41) is 3.42. The summed E-state index contributed by atoms with van der Waals surface area (Å²) in [5.41, 5.74) is 0.937. The molecule has 1 saturated heterocycles. The Morgan fingerprint density at radius 2 is 1.69 bits per heavy atom. The molecule has 2 fully saturated rings. The molecule has 0 amide bonds. The number of benzene rings is 1. The molecule has 88 valence electrons. The second-order valence-electron chi connectivity index (χ2n) is 4.87. The highest BCUT2D eigenvalue weighted by atomic mass is 35.5. The van der Waals surface area contributed by atoms with Crippen LogP contribution in [0.2, 0.25) is 0 Å². The van der Waals surface area contributed by atoms with E-state index in [9.17, 15) is 4.39 Å². The molecule has 0 radical (unpaired) electrons. The van der Waals surface area contributed by atoms with E-state index < -0.39 is 0 Å². The van der Waals surface area contributed by atoms with E-state index in [1.165, 1.54) is 12.8 Å². The van der Waals surface area contributed by atoms with E-state index in [0.717, 1.165) is 30.5 Å². The summed E-state index contributed by atoms with van der Waals surface area (Å²) in [6.45, 7) is 2.27. The van der Waals surface area contributed by atoms with Crippen LogP contribution in [0.5, 0.6) is 0 Å². The van der Waals surface area contributed by atoms with Crippen molar-refractivity contribution in [2.45, 2.75) is 18.8 Å². The molecule has 1 saturated carbocycles. The Bertz CT molecular complexity index is 357. The lowest BCUT2D eigenvalue weighted by Gasteiger charge is -2.12. The van der Waals surface area contributed by atoms with Gasteiger partial charge < -0.3 is 5.32 Å². The second kappa shape index (κ2) is 4.72. The lowest BCUT2D eigenvalue weighted by atomic mass is 9.95. The van der Waals surface area contributed by atoms with Gasteiger partial charge in [-0.2, -0.15) is 0 Å². The number of hydrogen-bond acceptors (Lipinski definition) is 1. The predicted molar refractivity (Wildman–Crippen MR) is 65.5 cm³/mol. The molecule has 1 nitrogen and oxygen atoms in total. The van der Waals surface area contributed by atoms with Crippen molar-refractivity contribution in [2.24, 2.45) is 11.8 Å². The summed E-state index contributed by atoms with van der Waals surface area (Å²) in [7, 11) is 0. The van der Waals surface area contributed by atoms with E-state index in [1.54, 1.807) is 12.1 Å². The van der Waals surface area contributed by atoms with Crippen LogP contribution < -0.4 is 5.32 Å². The first-order valence-corrected chi connectivity index (χ1v) is 5.79. The Balaban J connectivity index is 0.000000963. The van der Waals surface area contributed by atoms with Crippen molar-refractivity contribution < 1.29 is 4.39 Å². The Labute approximate surface area is 102 Å². The fourth-order valence-corrected chi connectivity index (χ4v) is 3.23. The summed E-state index contributed by atoms with van der Waals surface area (Å²) in [6.07, 6.45) is 2.33. The number of fused-ring (bicyclic) bond motifs is 1. The topological polar surface area (TPSA) is 12.0 Å². The van der Waals surface area contributed by atoms with Crippen LogP contribution >= 0.6 is 12.4 Å². The third-order valence-electron chi connectivity index (χ3n) is 4.00. The van der Waals surface area contributed by atoms with E-state index in [0.29, 0.717) is 5.92 Å². The normalized spacial score (nSPS) is 32.2. The summed E-state index contributed by atoms with van der Waals surface area (Å²) < 4.78 is 13.6. The molecular weight excluding hydrogens is 225 g/mol. The molecule has 1 aromatic carbocycles. The van der Waals surface area contributed by atoms with Crippen molar-refractivity contribution in [1.82, 2.24) is 5.32 Å². The zero-order valence-corrected chi connectivity index (χ0v) is 9.97. The van der Waals surface area contributed by atoms with Crippen molar-refractivity contribution in [2.75, 3.05) is 13.1 Å². The van der Waals surface area contributed by atoms with Crippen molar-refractivity contribution in [3.63, 3.8) is 0 Å². The fraction of sp³-hybridized carbons (Fsp3) is 0.538. The van der Waals surface area contributed by atoms with Crippen LogP contribution in [-0.2, 0) is 0 Å². The van der Waals surface area contributed by atoms with Crippen molar-refractivity contribution in [3.8, 4) is 0 Å². The molecule has 1 aliphatic carbocycles. The molecule has 1 unspecified atom stereocenters. The molecule has 0 bridgehead atoms. The van der Waals surface area contributed by atoms with Crippen LogP contribution in [0.15, 0.2) is 24.3 Å². The molecule has 3 rings (SSSR count). The minimum Gasteiger partial charge on any atom is -0.316 e. The van der Waals surface area contributed by atoms with Gasteiger partial charge in [0, 0.05) is 0 Å². The maximum atomic E-state index is 13.6. The largest absolute Gasteiger partial charge is 0.316 e. The average Bonchev–Trinajstić information content (AvgIpc) is 2.77. The van der Waals surface area contributed by atoms with Gasteiger partial charge in [-0.25, -0.2) is 4.39 Å². The molecule has 2 aliphatic rings. The van der Waals surface area contributed by atoms with Crippen LogP contribution in [-0.4, -0.2) is 13.1 Å². The van der Waals surface area contributed by atoms with Crippen molar-refractivity contribution >= 4 is 12.4 Å². The summed E-state index contributed by atoms with van der Waals surface area (Å²) >= 11 is 0. The second-order valence-corrected chi connectivity index (χ2v) is 4.87. The Morgan fingerprint density at radius 3 is 2.31 bits per heavy atom. The fourth-order valence-electron chi connectivity index (χ4n) is 3.23. The molecule has 1 heterocycles. The van der Waals surface area contributed by atoms with Crippen LogP contribution in [0, 0.1) is 17.7 Å². The summed E-state index contributed by atoms with van der Waals surface area (Å²) in [4.78, 5) is 0. The summed E-state index contributed by atoms with van der Waals surface area (Å²) in [5.74, 6) is 2.02. The molecule has 3 atom stereocenters. The molecule has 1 aliphatic heterocycles. The number of hydrogen-bond donors (Lipinski definition) is 1. The first-order valence-electron chi connectivity index (χ1n) is 5.79. The lowest BCUT2D eigenvalue weighted by molar-refractivity contribution is 0.494. The van der Waals surface area contributed by atoms with Crippen LogP contribution in [0.25, 0.3) is 0 Å². The maximum absolute atomic E-state index is 13.6. The van der Waals surface area contributed by atoms with E-state index in [-0.39, 0.29) is 18.2 Å². The van der Waals surface area contributed by atoms with Gasteiger partial charge in [-0.05, 0) is 55.3 Å². The predicted octanol–water partition coefficient (Wildman–Crippen LogP) is 2.96. The molecule has 1 aromatic rings. The number of rotatable bonds is 1. The van der Waals surface area contributed by atoms with Gasteiger partial charge in [0.2, 0.25) is 0 Å². The minimum atomic E-state index is -0.0181. The van der Waals surface area contributed by atoms with E-state index in [2.05, 4.69) is 5.32 Å². The number of nitrogens with one attached hydrogen (secondary N) is 1. The van der Waals surface area contributed by atoms with E-state index in [4.69, 9.17) is 0 Å². The number of halogens is 2. The Kier molecular flexibility index (Phi) is 3.50. The summed E-state index contributed by atoms with van der Waals surface area (Å²) in [6, 6.07) is 7.26. The highest BCUT2D eigenvalue weighted by Crippen LogP contribution is 2.44. The van der Waals surface area contributed by atoms with Crippen LogP contribution in [0.3, 0.4) is 0 Å². The minimum absolute atomic E-state index is 0. The SMILES string of the molecule is Cl.Fc1ccccc1C1C[C@H]2CNC[C@H]2C1. The monoisotopic (exact) mass is 241 g/mol. The van der Waals surface area contributed by atoms with Gasteiger partial charge in [-0.1, -0.05) is 18.2 Å². The quantitative estimate of drug-likeness (QED) is 0.797. The van der Waals surface area contributed by atoms with Crippen molar-refractivity contribution in [1.29, 1.82) is 0 Å². The van der Waals surface area contributed by atoms with E-state index in [1.807, 2.05) is 12.1 Å². The molecule has 0 spiro atoms. The highest BCUT2D eigenvalue weighted by molar-refractivity contribution is 5.85. The van der Waals surface area contributed by atoms with Gasteiger partial charge in [-0.15, -0.1) is 12.4 Å². The molecule has 0 aromatic heterocycles. The first kappa shape index (κ1) is 11.9. The van der Waals surface area contributed by atoms with Crippen LogP contribution in [0.4, 0.5) is 4.39 Å². The molecular formula is C13H17ClFN. The average molecular weight is 242 g/mol. The van der Waals surface area contributed by atoms with Gasteiger partial charge in [0.25, 0.3) is 0 Å². The maximum Gasteiger partial charge on any atom is 0.126 e. The smallest absolute Gasteiger partial charge is 0.126 e. The molecule has 1 N–H and O–H groups in total. The van der Waals surface area contributed by atoms with Gasteiger partial charge in [-0.3, -0.25) is 0 Å². The molecule has 3 heteroatoms. The standard InChI is InChI=1S/C13H16FN.ClH/c14-13-4-2-1-3-12(13)9-5-10-7-15-8-11(10)6-9;/h1-4,9-11,15H,5-8H2;1H/t9?,10-,11+;. The van der Waals surface area contributed by atoms with Gasteiger partial charge in [0.15, 0.2) is 0 Å². The molecule has 16 heavy (non-hydrogen) atoms. The Hall–Kier alpha value is -0.600. The van der Waals surface area contributed by atoms with Crippen LogP contribution in [0.1, 0.15) is 24.3 Å². The van der Waals surface area contributed by atoms with Gasteiger partial charge >= 0.3 is 0 Å². The third-order valence-corrected chi connectivity index (χ3v) is 4.00. The van der Waals surface area contributed by atoms with E-state index >= 15 is 0 Å². The zero-order chi connectivity index (χ0) is 10.3. The van der Waals surface area contributed by atoms with Gasteiger partial charge in [0.05, 0.1) is 0 Å². The van der Waals surface area contributed by atoms with Crippen molar-refractivity contribution in [3.05, 3.63) is 35.6 Å². The van der Waals surface area contributed by atoms with Gasteiger partial charge in [0.1, 0.15) is 5.82 Å². The lowest BCUT2D eigenvalue weighted by Crippen LogP contribution is -2.11. The third kappa shape index (κ3) is 1.96. The first-order chi connectivity index (χ1) is 7.34. The Morgan fingerprint density at radius 1 is 1.06 bits per heavy atom.